The maximum atomic E-state index is 13.4. The van der Waals surface area contributed by atoms with E-state index in [-0.39, 0.29) is 17.0 Å². The van der Waals surface area contributed by atoms with E-state index >= 15 is 0 Å². The molecule has 28 heavy (non-hydrogen) atoms. The van der Waals surface area contributed by atoms with Gasteiger partial charge in [0.2, 0.25) is 11.3 Å². The molecule has 2 unspecified atom stereocenters. The lowest BCUT2D eigenvalue weighted by Crippen LogP contribution is -2.62. The number of ketones is 1. The molecule has 1 aliphatic carbocycles. The van der Waals surface area contributed by atoms with Crippen LogP contribution < -0.4 is 15.4 Å². The first-order valence-corrected chi connectivity index (χ1v) is 9.00. The number of carbonyl (C=O) groups excluding carboxylic acids is 3. The number of rotatable bonds is 2. The number of Topliss-reactive ketones (excluding diaryl/α,β-unsaturated/α-hetero) is 1. The van der Waals surface area contributed by atoms with Crippen molar-refractivity contribution in [2.24, 2.45) is 0 Å². The highest BCUT2D eigenvalue weighted by molar-refractivity contribution is 6.36. The number of ether oxygens (including phenoxy) is 1. The third-order valence-corrected chi connectivity index (χ3v) is 5.45. The summed E-state index contributed by atoms with van der Waals surface area (Å²) in [6, 6.07) is 11.7. The minimum absolute atomic E-state index is 0.198. The number of nitrogens with one attached hydrogen (secondary N) is 2. The molecule has 2 aromatic carbocycles. The van der Waals surface area contributed by atoms with Crippen molar-refractivity contribution < 1.29 is 24.2 Å². The number of fused-ring (bicyclic) bond motifs is 5. The third-order valence-electron chi connectivity index (χ3n) is 5.45. The van der Waals surface area contributed by atoms with Crippen LogP contribution in [0.5, 0.6) is 5.75 Å². The fourth-order valence-electron chi connectivity index (χ4n) is 3.97. The summed E-state index contributed by atoms with van der Waals surface area (Å²) in [5, 5.41) is 16.3. The summed E-state index contributed by atoms with van der Waals surface area (Å²) < 4.78 is 5.91. The molecular weight excluding hydrogens is 360 g/mol. The van der Waals surface area contributed by atoms with Gasteiger partial charge in [-0.2, -0.15) is 0 Å². The van der Waals surface area contributed by atoms with Crippen molar-refractivity contribution in [2.75, 3.05) is 7.05 Å². The van der Waals surface area contributed by atoms with Crippen molar-refractivity contribution in [3.63, 3.8) is 0 Å². The largest absolute Gasteiger partial charge is 0.454 e. The predicted molar refractivity (Wildman–Crippen MR) is 99.7 cm³/mol. The van der Waals surface area contributed by atoms with Crippen LogP contribution in [-0.4, -0.2) is 29.8 Å². The van der Waals surface area contributed by atoms with E-state index < -0.39 is 28.9 Å². The van der Waals surface area contributed by atoms with Crippen LogP contribution in [0, 0.1) is 0 Å². The number of likely N-dealkylation sites (N-methyl/N-ethyl adjacent to an activating group) is 1. The van der Waals surface area contributed by atoms with Crippen molar-refractivity contribution in [3.05, 3.63) is 64.7 Å². The first-order valence-electron chi connectivity index (χ1n) is 9.00. The van der Waals surface area contributed by atoms with Crippen molar-refractivity contribution >= 4 is 17.6 Å². The lowest BCUT2D eigenvalue weighted by Gasteiger charge is -2.34. The molecule has 1 aliphatic heterocycles. The maximum Gasteiger partial charge on any atom is 0.310 e. The standard InChI is InChI=1S/C21H20N2O5/c1-11(2)12-8-9-15-16(10-12)28-21(27)14-7-5-4-6-13(14)17(24)20(15,21)23-19(26)18(25)22-3/h4-11,27H,1-3H3,(H,22,25)(H,23,26). The maximum absolute atomic E-state index is 13.4. The van der Waals surface area contributed by atoms with Crippen LogP contribution in [0.3, 0.4) is 0 Å². The van der Waals surface area contributed by atoms with E-state index in [1.807, 2.05) is 19.9 Å². The molecule has 4 rings (SSSR count). The van der Waals surface area contributed by atoms with Crippen molar-refractivity contribution in [1.29, 1.82) is 0 Å². The molecule has 0 bridgehead atoms. The predicted octanol–water partition coefficient (Wildman–Crippen LogP) is 1.30. The van der Waals surface area contributed by atoms with Gasteiger partial charge in [0.05, 0.1) is 0 Å². The van der Waals surface area contributed by atoms with E-state index in [0.29, 0.717) is 11.3 Å². The summed E-state index contributed by atoms with van der Waals surface area (Å²) in [5.74, 6) is -4.14. The zero-order chi connectivity index (χ0) is 20.3. The second-order valence-electron chi connectivity index (χ2n) is 7.31. The fourth-order valence-corrected chi connectivity index (χ4v) is 3.97. The van der Waals surface area contributed by atoms with Gasteiger partial charge in [-0.1, -0.05) is 50.2 Å². The molecule has 144 valence electrons. The molecule has 0 fully saturated rings. The molecule has 1 heterocycles. The van der Waals surface area contributed by atoms with E-state index in [1.165, 1.54) is 7.05 Å². The Labute approximate surface area is 161 Å². The van der Waals surface area contributed by atoms with E-state index in [1.54, 1.807) is 36.4 Å². The summed E-state index contributed by atoms with van der Waals surface area (Å²) in [7, 11) is 1.31. The molecule has 0 spiro atoms. The molecular formula is C21H20N2O5. The average molecular weight is 380 g/mol. The van der Waals surface area contributed by atoms with Crippen LogP contribution in [0.1, 0.15) is 46.8 Å². The van der Waals surface area contributed by atoms with E-state index in [9.17, 15) is 19.5 Å². The van der Waals surface area contributed by atoms with Gasteiger partial charge < -0.3 is 20.5 Å². The Morgan fingerprint density at radius 3 is 2.46 bits per heavy atom. The van der Waals surface area contributed by atoms with Crippen LogP contribution in [0.25, 0.3) is 0 Å². The SMILES string of the molecule is CNC(=O)C(=O)NC12C(=O)c3ccccc3C1(O)Oc1cc(C(C)C)ccc12. The molecule has 0 aromatic heterocycles. The Morgan fingerprint density at radius 1 is 1.07 bits per heavy atom. The minimum atomic E-state index is -2.15. The lowest BCUT2D eigenvalue weighted by atomic mass is 9.82. The monoisotopic (exact) mass is 380 g/mol. The van der Waals surface area contributed by atoms with Gasteiger partial charge >= 0.3 is 11.8 Å². The van der Waals surface area contributed by atoms with Crippen LogP contribution >= 0.6 is 0 Å². The highest BCUT2D eigenvalue weighted by atomic mass is 16.6. The van der Waals surface area contributed by atoms with E-state index in [4.69, 9.17) is 4.74 Å². The number of hydrogen-bond acceptors (Lipinski definition) is 5. The Kier molecular flexibility index (Phi) is 3.83. The van der Waals surface area contributed by atoms with Gasteiger partial charge in [0, 0.05) is 23.7 Å². The molecule has 3 N–H and O–H groups in total. The fraction of sp³-hybridized carbons (Fsp3) is 0.286. The molecule has 2 aromatic rings. The van der Waals surface area contributed by atoms with Gasteiger partial charge in [0.1, 0.15) is 5.75 Å². The van der Waals surface area contributed by atoms with Crippen LogP contribution in [0.15, 0.2) is 42.5 Å². The van der Waals surface area contributed by atoms with Gasteiger partial charge in [-0.15, -0.1) is 0 Å². The van der Waals surface area contributed by atoms with Crippen molar-refractivity contribution in [3.8, 4) is 5.75 Å². The Bertz CT molecular complexity index is 1030. The summed E-state index contributed by atoms with van der Waals surface area (Å²) >= 11 is 0. The highest BCUT2D eigenvalue weighted by Crippen LogP contribution is 2.58. The zero-order valence-corrected chi connectivity index (χ0v) is 15.7. The van der Waals surface area contributed by atoms with Gasteiger partial charge in [0.25, 0.3) is 5.79 Å². The van der Waals surface area contributed by atoms with Crippen LogP contribution in [0.4, 0.5) is 0 Å². The number of benzene rings is 2. The minimum Gasteiger partial charge on any atom is -0.454 e. The number of amides is 2. The second kappa shape index (κ2) is 5.90. The normalized spacial score (nSPS) is 24.2. The van der Waals surface area contributed by atoms with Gasteiger partial charge in [-0.3, -0.25) is 14.4 Å². The molecule has 0 saturated carbocycles. The van der Waals surface area contributed by atoms with Gasteiger partial charge in [-0.25, -0.2) is 0 Å². The number of carbonyl (C=O) groups is 3. The topological polar surface area (TPSA) is 105 Å². The number of aliphatic hydroxyl groups is 1. The third kappa shape index (κ3) is 2.10. The molecule has 0 saturated heterocycles. The van der Waals surface area contributed by atoms with E-state index in [0.717, 1.165) is 5.56 Å². The Hall–Kier alpha value is -3.19. The molecule has 2 aliphatic rings. The average Bonchev–Trinajstić information content (AvgIpc) is 3.04. The second-order valence-corrected chi connectivity index (χ2v) is 7.31. The molecule has 0 radical (unpaired) electrons. The smallest absolute Gasteiger partial charge is 0.310 e. The van der Waals surface area contributed by atoms with Gasteiger partial charge in [0.15, 0.2) is 0 Å². The van der Waals surface area contributed by atoms with Gasteiger partial charge in [-0.05, 0) is 17.5 Å². The van der Waals surface area contributed by atoms with Crippen molar-refractivity contribution in [2.45, 2.75) is 31.1 Å². The lowest BCUT2D eigenvalue weighted by molar-refractivity contribution is -0.176. The van der Waals surface area contributed by atoms with Crippen LogP contribution in [0.2, 0.25) is 0 Å². The van der Waals surface area contributed by atoms with E-state index in [2.05, 4.69) is 10.6 Å². The quantitative estimate of drug-likeness (QED) is 0.681. The molecule has 7 nitrogen and oxygen atoms in total. The molecule has 2 atom stereocenters. The summed E-state index contributed by atoms with van der Waals surface area (Å²) in [6.07, 6.45) is 0. The molecule has 2 amide bonds. The summed E-state index contributed by atoms with van der Waals surface area (Å²) in [4.78, 5) is 37.8. The van der Waals surface area contributed by atoms with Crippen LogP contribution in [-0.2, 0) is 20.9 Å². The number of hydrogen-bond donors (Lipinski definition) is 3. The Morgan fingerprint density at radius 2 is 1.79 bits per heavy atom. The summed E-state index contributed by atoms with van der Waals surface area (Å²) in [5.41, 5.74) is -0.181. The zero-order valence-electron chi connectivity index (χ0n) is 15.7. The first kappa shape index (κ1) is 18.2. The first-order chi connectivity index (χ1) is 13.3. The Balaban J connectivity index is 1.96. The summed E-state index contributed by atoms with van der Waals surface area (Å²) in [6.45, 7) is 4.02. The molecule has 7 heteroatoms. The van der Waals surface area contributed by atoms with Crippen molar-refractivity contribution in [1.82, 2.24) is 10.6 Å². The highest BCUT2D eigenvalue weighted by Gasteiger charge is 2.71.